The van der Waals surface area contributed by atoms with Crippen LogP contribution in [-0.2, 0) is 13.1 Å². The lowest BCUT2D eigenvalue weighted by Gasteiger charge is -2.16. The van der Waals surface area contributed by atoms with Gasteiger partial charge in [-0.3, -0.25) is 4.68 Å². The van der Waals surface area contributed by atoms with E-state index in [2.05, 4.69) is 10.4 Å². The summed E-state index contributed by atoms with van der Waals surface area (Å²) >= 11 is 5.68. The number of nitrogens with one attached hydrogen (secondary N) is 1. The molecule has 0 atom stereocenters. The summed E-state index contributed by atoms with van der Waals surface area (Å²) in [5, 5.41) is 7.74. The van der Waals surface area contributed by atoms with E-state index in [0.29, 0.717) is 0 Å². The molecule has 0 fully saturated rings. The van der Waals surface area contributed by atoms with E-state index in [1.807, 2.05) is 10.7 Å². The Morgan fingerprint density at radius 1 is 1.41 bits per heavy atom. The molecule has 1 N–H and O–H groups in total. The van der Waals surface area contributed by atoms with E-state index >= 15 is 0 Å². The molecule has 1 aromatic heterocycles. The van der Waals surface area contributed by atoms with Gasteiger partial charge in [-0.25, -0.2) is 4.39 Å². The molecular weight excluding hydrogens is 241 g/mol. The van der Waals surface area contributed by atoms with Crippen molar-refractivity contribution in [2.24, 2.45) is 0 Å². The molecular formula is C12H11ClFN3. The molecule has 0 amide bonds. The van der Waals surface area contributed by atoms with Gasteiger partial charge in [0.25, 0.3) is 0 Å². The highest BCUT2D eigenvalue weighted by molar-refractivity contribution is 6.30. The quantitative estimate of drug-likeness (QED) is 0.844. The fourth-order valence-corrected chi connectivity index (χ4v) is 2.20. The molecule has 1 aliphatic heterocycles. The minimum atomic E-state index is -0.395. The number of hydrogen-bond acceptors (Lipinski definition) is 2. The molecule has 88 valence electrons. The summed E-state index contributed by atoms with van der Waals surface area (Å²) in [4.78, 5) is 0. The minimum absolute atomic E-state index is 0.146. The number of nitrogens with zero attached hydrogens (tertiary/aromatic N) is 2. The number of aromatic nitrogens is 2. The van der Waals surface area contributed by atoms with Gasteiger partial charge in [0.05, 0.1) is 23.5 Å². The molecule has 2 heterocycles. The van der Waals surface area contributed by atoms with Gasteiger partial charge in [0.1, 0.15) is 5.82 Å². The fraction of sp³-hybridized carbons (Fsp3) is 0.250. The first-order valence-electron chi connectivity index (χ1n) is 5.46. The van der Waals surface area contributed by atoms with Crippen LogP contribution in [0.1, 0.15) is 5.69 Å². The van der Waals surface area contributed by atoms with Crippen LogP contribution in [0, 0.1) is 5.82 Å². The average Bonchev–Trinajstić information content (AvgIpc) is 2.76. The van der Waals surface area contributed by atoms with Crippen molar-refractivity contribution < 1.29 is 4.39 Å². The van der Waals surface area contributed by atoms with Gasteiger partial charge in [-0.1, -0.05) is 17.7 Å². The van der Waals surface area contributed by atoms with Crippen molar-refractivity contribution in [3.8, 4) is 11.1 Å². The van der Waals surface area contributed by atoms with E-state index < -0.39 is 5.82 Å². The SMILES string of the molecule is Fc1cc(-c2cnn3c2CNCC3)ccc1Cl. The monoisotopic (exact) mass is 251 g/mol. The first-order chi connectivity index (χ1) is 8.25. The van der Waals surface area contributed by atoms with Gasteiger partial charge in [0.15, 0.2) is 0 Å². The second-order valence-electron chi connectivity index (χ2n) is 4.03. The van der Waals surface area contributed by atoms with Crippen LogP contribution in [0.25, 0.3) is 11.1 Å². The lowest BCUT2D eigenvalue weighted by molar-refractivity contribution is 0.476. The van der Waals surface area contributed by atoms with Gasteiger partial charge in [-0.2, -0.15) is 5.10 Å². The van der Waals surface area contributed by atoms with Gasteiger partial charge < -0.3 is 5.32 Å². The van der Waals surface area contributed by atoms with Crippen molar-refractivity contribution in [1.29, 1.82) is 0 Å². The van der Waals surface area contributed by atoms with E-state index in [4.69, 9.17) is 11.6 Å². The number of rotatable bonds is 1. The van der Waals surface area contributed by atoms with Crippen molar-refractivity contribution in [2.75, 3.05) is 6.54 Å². The zero-order valence-corrected chi connectivity index (χ0v) is 9.84. The van der Waals surface area contributed by atoms with Crippen LogP contribution in [0.4, 0.5) is 4.39 Å². The Morgan fingerprint density at radius 3 is 3.12 bits per heavy atom. The van der Waals surface area contributed by atoms with Crippen LogP contribution in [0.15, 0.2) is 24.4 Å². The average molecular weight is 252 g/mol. The first kappa shape index (κ1) is 10.7. The number of benzene rings is 1. The molecule has 0 aliphatic carbocycles. The van der Waals surface area contributed by atoms with E-state index in [1.54, 1.807) is 12.3 Å². The number of hydrogen-bond donors (Lipinski definition) is 1. The van der Waals surface area contributed by atoms with E-state index in [9.17, 15) is 4.39 Å². The van der Waals surface area contributed by atoms with Crippen molar-refractivity contribution >= 4 is 11.6 Å². The van der Waals surface area contributed by atoms with Gasteiger partial charge in [0.2, 0.25) is 0 Å². The summed E-state index contributed by atoms with van der Waals surface area (Å²) in [7, 11) is 0. The molecule has 0 spiro atoms. The van der Waals surface area contributed by atoms with Crippen LogP contribution in [0.3, 0.4) is 0 Å². The van der Waals surface area contributed by atoms with Gasteiger partial charge in [0, 0.05) is 18.7 Å². The lowest BCUT2D eigenvalue weighted by Crippen LogP contribution is -2.28. The van der Waals surface area contributed by atoms with Crippen LogP contribution in [0.2, 0.25) is 5.02 Å². The van der Waals surface area contributed by atoms with Crippen molar-refractivity contribution in [3.63, 3.8) is 0 Å². The molecule has 1 aliphatic rings. The van der Waals surface area contributed by atoms with Crippen LogP contribution < -0.4 is 5.32 Å². The van der Waals surface area contributed by atoms with Crippen molar-refractivity contribution in [2.45, 2.75) is 13.1 Å². The van der Waals surface area contributed by atoms with E-state index in [0.717, 1.165) is 36.5 Å². The zero-order chi connectivity index (χ0) is 11.8. The van der Waals surface area contributed by atoms with E-state index in [1.165, 1.54) is 6.07 Å². The molecule has 0 unspecified atom stereocenters. The smallest absolute Gasteiger partial charge is 0.142 e. The molecule has 3 nitrogen and oxygen atoms in total. The Hall–Kier alpha value is -1.39. The standard InChI is InChI=1S/C12H11ClFN3/c13-10-2-1-8(5-11(10)14)9-6-16-17-4-3-15-7-12(9)17/h1-2,5-6,15H,3-4,7H2. The predicted octanol–water partition coefficient (Wildman–Crippen LogP) is 2.45. The second-order valence-corrected chi connectivity index (χ2v) is 4.44. The highest BCUT2D eigenvalue weighted by atomic mass is 35.5. The highest BCUT2D eigenvalue weighted by Crippen LogP contribution is 2.27. The van der Waals surface area contributed by atoms with Crippen LogP contribution >= 0.6 is 11.6 Å². The molecule has 0 bridgehead atoms. The lowest BCUT2D eigenvalue weighted by atomic mass is 10.1. The third-order valence-electron chi connectivity index (χ3n) is 2.97. The Kier molecular flexibility index (Phi) is 2.61. The summed E-state index contributed by atoms with van der Waals surface area (Å²) in [6, 6.07) is 4.85. The molecule has 0 radical (unpaired) electrons. The maximum Gasteiger partial charge on any atom is 0.142 e. The largest absolute Gasteiger partial charge is 0.309 e. The van der Waals surface area contributed by atoms with Gasteiger partial charge in [-0.15, -0.1) is 0 Å². The Morgan fingerprint density at radius 2 is 2.29 bits per heavy atom. The molecule has 3 rings (SSSR count). The highest BCUT2D eigenvalue weighted by Gasteiger charge is 2.16. The van der Waals surface area contributed by atoms with Gasteiger partial charge >= 0.3 is 0 Å². The van der Waals surface area contributed by atoms with E-state index in [-0.39, 0.29) is 5.02 Å². The maximum absolute atomic E-state index is 13.4. The number of halogens is 2. The van der Waals surface area contributed by atoms with Gasteiger partial charge in [-0.05, 0) is 17.7 Å². The predicted molar refractivity (Wildman–Crippen MR) is 64.3 cm³/mol. The van der Waals surface area contributed by atoms with Crippen molar-refractivity contribution in [3.05, 3.63) is 40.9 Å². The summed E-state index contributed by atoms with van der Waals surface area (Å²) in [6.07, 6.45) is 1.78. The third kappa shape index (κ3) is 1.83. The number of fused-ring (bicyclic) bond motifs is 1. The second kappa shape index (κ2) is 4.13. The minimum Gasteiger partial charge on any atom is -0.309 e. The van der Waals surface area contributed by atoms with Crippen molar-refractivity contribution in [1.82, 2.24) is 15.1 Å². The Labute approximate surface area is 103 Å². The summed E-state index contributed by atoms with van der Waals surface area (Å²) in [5.74, 6) is -0.395. The third-order valence-corrected chi connectivity index (χ3v) is 3.28. The fourth-order valence-electron chi connectivity index (χ4n) is 2.09. The Bertz CT molecular complexity index is 565. The first-order valence-corrected chi connectivity index (χ1v) is 5.84. The summed E-state index contributed by atoms with van der Waals surface area (Å²) in [6.45, 7) is 2.54. The molecule has 0 saturated heterocycles. The molecule has 1 aromatic carbocycles. The Balaban J connectivity index is 2.09. The zero-order valence-electron chi connectivity index (χ0n) is 9.08. The topological polar surface area (TPSA) is 29.9 Å². The normalized spacial score (nSPS) is 14.7. The molecule has 5 heteroatoms. The van der Waals surface area contributed by atoms with Crippen LogP contribution in [0.5, 0.6) is 0 Å². The molecule has 0 saturated carbocycles. The molecule has 2 aromatic rings. The van der Waals surface area contributed by atoms with Crippen LogP contribution in [-0.4, -0.2) is 16.3 Å². The summed E-state index contributed by atoms with van der Waals surface area (Å²) in [5.41, 5.74) is 2.88. The maximum atomic E-state index is 13.4. The molecule has 17 heavy (non-hydrogen) atoms. The summed E-state index contributed by atoms with van der Waals surface area (Å²) < 4.78 is 15.4.